The van der Waals surface area contributed by atoms with E-state index in [4.69, 9.17) is 5.73 Å². The first kappa shape index (κ1) is 14.4. The van der Waals surface area contributed by atoms with Crippen LogP contribution in [0.1, 0.15) is 20.8 Å². The Morgan fingerprint density at radius 2 is 2.00 bits per heavy atom. The van der Waals surface area contributed by atoms with Crippen LogP contribution in [0.25, 0.3) is 0 Å². The van der Waals surface area contributed by atoms with Crippen LogP contribution in [0.2, 0.25) is 0 Å². The number of carbonyl (C=O) groups is 1. The van der Waals surface area contributed by atoms with Gasteiger partial charge in [-0.1, -0.05) is 20.8 Å². The van der Waals surface area contributed by atoms with Crippen molar-refractivity contribution in [1.29, 1.82) is 0 Å². The van der Waals surface area contributed by atoms with Crippen LogP contribution < -0.4 is 16.0 Å². The van der Waals surface area contributed by atoms with Crippen LogP contribution in [-0.4, -0.2) is 31.0 Å². The van der Waals surface area contributed by atoms with Crippen molar-refractivity contribution in [1.82, 2.24) is 4.98 Å². The van der Waals surface area contributed by atoms with Gasteiger partial charge in [0, 0.05) is 14.1 Å². The summed E-state index contributed by atoms with van der Waals surface area (Å²) >= 11 is 0. The molecule has 1 atom stereocenters. The largest absolute Gasteiger partial charge is 0.363 e. The lowest BCUT2D eigenvalue weighted by atomic mass is 9.87. The Balaban J connectivity index is 2.71. The highest BCUT2D eigenvalue weighted by Gasteiger charge is 2.27. The topological polar surface area (TPSA) is 71.2 Å². The first-order valence-corrected chi connectivity index (χ1v) is 5.91. The molecule has 100 valence electrons. The maximum absolute atomic E-state index is 11.9. The van der Waals surface area contributed by atoms with Gasteiger partial charge in [-0.2, -0.15) is 0 Å². The molecule has 1 amide bonds. The van der Waals surface area contributed by atoms with Gasteiger partial charge in [0.25, 0.3) is 0 Å². The first-order valence-electron chi connectivity index (χ1n) is 5.91. The van der Waals surface area contributed by atoms with E-state index >= 15 is 0 Å². The van der Waals surface area contributed by atoms with Crippen molar-refractivity contribution < 1.29 is 4.79 Å². The number of anilines is 2. The second-order valence-electron chi connectivity index (χ2n) is 5.63. The molecule has 3 N–H and O–H groups in total. The van der Waals surface area contributed by atoms with E-state index < -0.39 is 6.04 Å². The molecule has 0 aromatic carbocycles. The Labute approximate surface area is 108 Å². The molecule has 0 saturated carbocycles. The summed E-state index contributed by atoms with van der Waals surface area (Å²) in [4.78, 5) is 18.0. The molecule has 1 aromatic heterocycles. The maximum Gasteiger partial charge on any atom is 0.241 e. The van der Waals surface area contributed by atoms with Crippen molar-refractivity contribution in [3.63, 3.8) is 0 Å². The van der Waals surface area contributed by atoms with Crippen LogP contribution >= 0.6 is 0 Å². The van der Waals surface area contributed by atoms with Gasteiger partial charge in [0.15, 0.2) is 0 Å². The Hall–Kier alpha value is -1.62. The van der Waals surface area contributed by atoms with E-state index in [0.29, 0.717) is 5.69 Å². The fraction of sp³-hybridized carbons (Fsp3) is 0.538. The highest BCUT2D eigenvalue weighted by Crippen LogP contribution is 2.19. The Morgan fingerprint density at radius 1 is 1.39 bits per heavy atom. The van der Waals surface area contributed by atoms with Gasteiger partial charge in [-0.15, -0.1) is 0 Å². The first-order chi connectivity index (χ1) is 8.21. The monoisotopic (exact) mass is 250 g/mol. The van der Waals surface area contributed by atoms with Crippen molar-refractivity contribution in [2.24, 2.45) is 11.1 Å². The second-order valence-corrected chi connectivity index (χ2v) is 5.63. The average molecular weight is 250 g/mol. The molecule has 0 fully saturated rings. The van der Waals surface area contributed by atoms with Crippen molar-refractivity contribution in [2.75, 3.05) is 24.3 Å². The molecule has 0 saturated heterocycles. The van der Waals surface area contributed by atoms with Crippen LogP contribution in [0.15, 0.2) is 18.3 Å². The number of rotatable bonds is 3. The van der Waals surface area contributed by atoms with Crippen molar-refractivity contribution in [2.45, 2.75) is 26.8 Å². The Morgan fingerprint density at radius 3 is 2.39 bits per heavy atom. The average Bonchev–Trinajstić information content (AvgIpc) is 2.27. The minimum Gasteiger partial charge on any atom is -0.363 e. The molecule has 0 unspecified atom stereocenters. The molecule has 18 heavy (non-hydrogen) atoms. The minimum atomic E-state index is -0.550. The zero-order valence-electron chi connectivity index (χ0n) is 11.7. The molecule has 0 radical (unpaired) electrons. The van der Waals surface area contributed by atoms with Gasteiger partial charge in [0.2, 0.25) is 5.91 Å². The van der Waals surface area contributed by atoms with Gasteiger partial charge in [-0.05, 0) is 17.5 Å². The Bertz CT molecular complexity index is 406. The van der Waals surface area contributed by atoms with Gasteiger partial charge < -0.3 is 16.0 Å². The zero-order chi connectivity index (χ0) is 13.9. The van der Waals surface area contributed by atoms with Gasteiger partial charge in [-0.3, -0.25) is 4.79 Å². The van der Waals surface area contributed by atoms with Crippen LogP contribution in [0, 0.1) is 5.41 Å². The van der Waals surface area contributed by atoms with Crippen LogP contribution in [-0.2, 0) is 4.79 Å². The predicted octanol–water partition coefficient (Wildman–Crippen LogP) is 1.46. The van der Waals surface area contributed by atoms with Crippen LogP contribution in [0.3, 0.4) is 0 Å². The number of nitrogens with two attached hydrogens (primary N) is 1. The lowest BCUT2D eigenvalue weighted by Crippen LogP contribution is -2.45. The lowest BCUT2D eigenvalue weighted by molar-refractivity contribution is -0.119. The second kappa shape index (κ2) is 5.35. The van der Waals surface area contributed by atoms with E-state index in [0.717, 1.165) is 5.82 Å². The predicted molar refractivity (Wildman–Crippen MR) is 74.6 cm³/mol. The molecule has 1 aromatic rings. The molecule has 0 aliphatic rings. The third-order valence-corrected chi connectivity index (χ3v) is 2.69. The molecule has 1 heterocycles. The van der Waals surface area contributed by atoms with Crippen molar-refractivity contribution in [3.8, 4) is 0 Å². The summed E-state index contributed by atoms with van der Waals surface area (Å²) in [5.41, 5.74) is 6.27. The van der Waals surface area contributed by atoms with Gasteiger partial charge in [-0.25, -0.2) is 4.98 Å². The van der Waals surface area contributed by atoms with E-state index in [1.807, 2.05) is 51.9 Å². The molecule has 0 aliphatic carbocycles. The smallest absolute Gasteiger partial charge is 0.241 e. The summed E-state index contributed by atoms with van der Waals surface area (Å²) < 4.78 is 0. The zero-order valence-corrected chi connectivity index (χ0v) is 11.7. The third kappa shape index (κ3) is 3.70. The number of hydrogen-bond donors (Lipinski definition) is 2. The highest BCUT2D eigenvalue weighted by molar-refractivity contribution is 5.95. The number of nitrogens with one attached hydrogen (secondary N) is 1. The number of amides is 1. The van der Waals surface area contributed by atoms with Crippen LogP contribution in [0.5, 0.6) is 0 Å². The number of pyridine rings is 1. The lowest BCUT2D eigenvalue weighted by Gasteiger charge is -2.25. The normalized spacial score (nSPS) is 13.0. The summed E-state index contributed by atoms with van der Waals surface area (Å²) in [6.07, 6.45) is 1.63. The quantitative estimate of drug-likeness (QED) is 0.852. The summed E-state index contributed by atoms with van der Waals surface area (Å²) in [6, 6.07) is 3.11. The van der Waals surface area contributed by atoms with E-state index in [-0.39, 0.29) is 11.3 Å². The molecule has 0 spiro atoms. The summed E-state index contributed by atoms with van der Waals surface area (Å²) in [5, 5.41) is 2.77. The molecule has 5 nitrogen and oxygen atoms in total. The standard InChI is InChI=1S/C13H22N4O/c1-13(2,3)11(14)12(18)16-9-6-7-10(15-8-9)17(4)5/h6-8,11H,14H2,1-5H3,(H,16,18)/t11-/m1/s1. The molecule has 1 rings (SSSR count). The van der Waals surface area contributed by atoms with Crippen molar-refractivity contribution in [3.05, 3.63) is 18.3 Å². The van der Waals surface area contributed by atoms with E-state index in [1.54, 1.807) is 6.20 Å². The fourth-order valence-electron chi connectivity index (χ4n) is 1.34. The molecular weight excluding hydrogens is 228 g/mol. The van der Waals surface area contributed by atoms with Gasteiger partial charge in [0.1, 0.15) is 5.82 Å². The summed E-state index contributed by atoms with van der Waals surface area (Å²) in [5.74, 6) is 0.648. The van der Waals surface area contributed by atoms with E-state index in [9.17, 15) is 4.79 Å². The molecule has 0 aliphatic heterocycles. The third-order valence-electron chi connectivity index (χ3n) is 2.69. The summed E-state index contributed by atoms with van der Waals surface area (Å²) in [6.45, 7) is 5.81. The SMILES string of the molecule is CN(C)c1ccc(NC(=O)[C@@H](N)C(C)(C)C)cn1. The maximum atomic E-state index is 11.9. The molecular formula is C13H22N4O. The highest BCUT2D eigenvalue weighted by atomic mass is 16.2. The van der Waals surface area contributed by atoms with E-state index in [2.05, 4.69) is 10.3 Å². The van der Waals surface area contributed by atoms with E-state index in [1.165, 1.54) is 0 Å². The Kier molecular flexibility index (Phi) is 4.29. The number of nitrogens with zero attached hydrogens (tertiary/aromatic N) is 2. The van der Waals surface area contributed by atoms with Gasteiger partial charge >= 0.3 is 0 Å². The number of hydrogen-bond acceptors (Lipinski definition) is 4. The number of carbonyl (C=O) groups excluding carboxylic acids is 1. The minimum absolute atomic E-state index is 0.193. The summed E-state index contributed by atoms with van der Waals surface area (Å²) in [7, 11) is 3.83. The van der Waals surface area contributed by atoms with Crippen molar-refractivity contribution >= 4 is 17.4 Å². The number of aromatic nitrogens is 1. The molecule has 0 bridgehead atoms. The van der Waals surface area contributed by atoms with Gasteiger partial charge in [0.05, 0.1) is 17.9 Å². The van der Waals surface area contributed by atoms with Crippen LogP contribution in [0.4, 0.5) is 11.5 Å². The molecule has 5 heteroatoms. The fourth-order valence-corrected chi connectivity index (χ4v) is 1.34.